The van der Waals surface area contributed by atoms with Crippen molar-refractivity contribution in [3.8, 4) is 0 Å². The van der Waals surface area contributed by atoms with E-state index >= 15 is 0 Å². The van der Waals surface area contributed by atoms with Crippen molar-refractivity contribution in [3.05, 3.63) is 23.0 Å². The number of aromatic nitrogens is 4. The number of thiazole rings is 1. The van der Waals surface area contributed by atoms with E-state index in [1.807, 2.05) is 0 Å². The lowest BCUT2D eigenvalue weighted by molar-refractivity contribution is 0.0690. The molecule has 2 aromatic heterocycles. The van der Waals surface area contributed by atoms with E-state index in [0.29, 0.717) is 0 Å². The van der Waals surface area contributed by atoms with Gasteiger partial charge in [-0.3, -0.25) is 0 Å². The summed E-state index contributed by atoms with van der Waals surface area (Å²) in [6, 6.07) is 0.215. The molecule has 0 bridgehead atoms. The summed E-state index contributed by atoms with van der Waals surface area (Å²) in [6.07, 6.45) is 4.32. The number of nitrogens with zero attached hydrogens (tertiary/aromatic N) is 5. The Morgan fingerprint density at radius 3 is 2.81 bits per heavy atom. The smallest absolute Gasteiger partial charge is 0.358 e. The summed E-state index contributed by atoms with van der Waals surface area (Å²) in [7, 11) is 0. The van der Waals surface area contributed by atoms with Gasteiger partial charge in [-0.15, -0.1) is 16.4 Å². The van der Waals surface area contributed by atoms with E-state index in [1.165, 1.54) is 6.20 Å². The van der Waals surface area contributed by atoms with Crippen LogP contribution >= 0.6 is 11.3 Å². The monoisotopic (exact) mass is 307 g/mol. The molecule has 3 rings (SSSR count). The first-order valence-electron chi connectivity index (χ1n) is 7.02. The minimum Gasteiger partial charge on any atom is -0.476 e. The average molecular weight is 307 g/mol. The summed E-state index contributed by atoms with van der Waals surface area (Å²) in [5.74, 6) is -1.03. The number of aryl methyl sites for hydroxylation is 1. The Labute approximate surface area is 126 Å². The molecule has 0 spiro atoms. The molecule has 0 aromatic carbocycles. The van der Waals surface area contributed by atoms with Crippen LogP contribution in [0.1, 0.15) is 42.0 Å². The Kier molecular flexibility index (Phi) is 3.87. The predicted octanol–water partition coefficient (Wildman–Crippen LogP) is 1.84. The first-order chi connectivity index (χ1) is 10.2. The number of carboxylic acid groups (broad SMARTS) is 1. The zero-order valence-electron chi connectivity index (χ0n) is 11.8. The van der Waals surface area contributed by atoms with Gasteiger partial charge in [-0.2, -0.15) is 0 Å². The fourth-order valence-corrected chi connectivity index (χ4v) is 3.44. The zero-order chi connectivity index (χ0) is 14.8. The molecule has 0 saturated carbocycles. The van der Waals surface area contributed by atoms with Gasteiger partial charge in [-0.1, -0.05) is 12.1 Å². The third kappa shape index (κ3) is 2.90. The fourth-order valence-electron chi connectivity index (χ4n) is 2.48. The molecule has 0 atom stereocenters. The van der Waals surface area contributed by atoms with Crippen LogP contribution in [0, 0.1) is 0 Å². The van der Waals surface area contributed by atoms with E-state index in [4.69, 9.17) is 5.11 Å². The summed E-state index contributed by atoms with van der Waals surface area (Å²) in [6.45, 7) is 3.92. The topological polar surface area (TPSA) is 84.1 Å². The summed E-state index contributed by atoms with van der Waals surface area (Å²) in [4.78, 5) is 17.7. The van der Waals surface area contributed by atoms with Gasteiger partial charge in [0.05, 0.1) is 17.9 Å². The number of aromatic carboxylic acids is 1. The van der Waals surface area contributed by atoms with Crippen molar-refractivity contribution in [3.63, 3.8) is 0 Å². The van der Waals surface area contributed by atoms with Gasteiger partial charge in [0.2, 0.25) is 0 Å². The highest BCUT2D eigenvalue weighted by Crippen LogP contribution is 2.28. The third-order valence-electron chi connectivity index (χ3n) is 3.74. The van der Waals surface area contributed by atoms with E-state index in [2.05, 4.69) is 32.5 Å². The van der Waals surface area contributed by atoms with E-state index in [-0.39, 0.29) is 11.7 Å². The molecule has 2 aromatic rings. The van der Waals surface area contributed by atoms with Gasteiger partial charge in [0.1, 0.15) is 0 Å². The first-order valence-corrected chi connectivity index (χ1v) is 7.89. The third-order valence-corrected chi connectivity index (χ3v) is 4.69. The van der Waals surface area contributed by atoms with Crippen molar-refractivity contribution >= 4 is 22.4 Å². The second-order valence-corrected chi connectivity index (χ2v) is 5.92. The van der Waals surface area contributed by atoms with E-state index in [9.17, 15) is 4.79 Å². The number of anilines is 1. The van der Waals surface area contributed by atoms with Crippen molar-refractivity contribution in [1.29, 1.82) is 0 Å². The maximum atomic E-state index is 10.8. The quantitative estimate of drug-likeness (QED) is 0.928. The van der Waals surface area contributed by atoms with Crippen molar-refractivity contribution in [1.82, 2.24) is 20.0 Å². The van der Waals surface area contributed by atoms with Gasteiger partial charge in [-0.05, 0) is 19.3 Å². The Hall–Kier alpha value is -1.96. The highest BCUT2D eigenvalue weighted by Gasteiger charge is 2.24. The zero-order valence-corrected chi connectivity index (χ0v) is 12.6. The molecule has 0 aliphatic carbocycles. The summed E-state index contributed by atoms with van der Waals surface area (Å²) in [5, 5.41) is 19.7. The van der Waals surface area contributed by atoms with Crippen LogP contribution in [0.5, 0.6) is 0 Å². The maximum Gasteiger partial charge on any atom is 0.358 e. The minimum atomic E-state index is -1.03. The molecule has 3 heterocycles. The molecule has 1 aliphatic heterocycles. The standard InChI is InChI=1S/C13H17N5O2S/c1-2-9-8-21-13(14-9)17-5-3-10(4-6-17)18-7-11(12(19)20)15-16-18/h7-8,10H,2-6H2,1H3,(H,19,20). The molecular formula is C13H17N5O2S. The Morgan fingerprint density at radius 2 is 2.24 bits per heavy atom. The van der Waals surface area contributed by atoms with Gasteiger partial charge in [0, 0.05) is 18.5 Å². The van der Waals surface area contributed by atoms with Crippen LogP contribution in [-0.2, 0) is 6.42 Å². The highest BCUT2D eigenvalue weighted by molar-refractivity contribution is 7.13. The Bertz CT molecular complexity index is 630. The number of hydrogen-bond acceptors (Lipinski definition) is 6. The maximum absolute atomic E-state index is 10.8. The lowest BCUT2D eigenvalue weighted by Crippen LogP contribution is -2.34. The second-order valence-electron chi connectivity index (χ2n) is 5.08. The summed E-state index contributed by atoms with van der Waals surface area (Å²) < 4.78 is 1.68. The number of carboxylic acids is 1. The van der Waals surface area contributed by atoms with Crippen molar-refractivity contribution < 1.29 is 9.90 Å². The molecule has 8 heteroatoms. The Morgan fingerprint density at radius 1 is 1.48 bits per heavy atom. The summed E-state index contributed by atoms with van der Waals surface area (Å²) >= 11 is 1.69. The van der Waals surface area contributed by atoms with Crippen LogP contribution in [0.3, 0.4) is 0 Å². The van der Waals surface area contributed by atoms with Gasteiger partial charge in [0.25, 0.3) is 0 Å². The van der Waals surface area contributed by atoms with Gasteiger partial charge < -0.3 is 10.0 Å². The molecule has 1 aliphatic rings. The molecule has 7 nitrogen and oxygen atoms in total. The largest absolute Gasteiger partial charge is 0.476 e. The SMILES string of the molecule is CCc1csc(N2CCC(n3cc(C(=O)O)nn3)CC2)n1. The van der Waals surface area contributed by atoms with E-state index in [0.717, 1.165) is 43.2 Å². The van der Waals surface area contributed by atoms with Crippen LogP contribution in [-0.4, -0.2) is 44.1 Å². The normalized spacial score (nSPS) is 16.3. The Balaban J connectivity index is 1.62. The van der Waals surface area contributed by atoms with Crippen LogP contribution in [0.15, 0.2) is 11.6 Å². The van der Waals surface area contributed by atoms with Crippen LogP contribution in [0.2, 0.25) is 0 Å². The van der Waals surface area contributed by atoms with Crippen molar-refractivity contribution in [2.24, 2.45) is 0 Å². The number of carbonyl (C=O) groups is 1. The lowest BCUT2D eigenvalue weighted by atomic mass is 10.1. The molecule has 112 valence electrons. The second kappa shape index (κ2) is 5.80. The van der Waals surface area contributed by atoms with Crippen LogP contribution in [0.4, 0.5) is 5.13 Å². The molecule has 0 radical (unpaired) electrons. The molecule has 0 unspecified atom stereocenters. The van der Waals surface area contributed by atoms with Crippen molar-refractivity contribution in [2.45, 2.75) is 32.2 Å². The average Bonchev–Trinajstić information content (AvgIpc) is 3.17. The molecule has 0 amide bonds. The number of piperidine rings is 1. The van der Waals surface area contributed by atoms with Gasteiger partial charge in [0.15, 0.2) is 10.8 Å². The van der Waals surface area contributed by atoms with Gasteiger partial charge >= 0.3 is 5.97 Å². The van der Waals surface area contributed by atoms with E-state index in [1.54, 1.807) is 16.0 Å². The predicted molar refractivity (Wildman–Crippen MR) is 79.0 cm³/mol. The molecule has 1 fully saturated rings. The fraction of sp³-hybridized carbons (Fsp3) is 0.538. The minimum absolute atomic E-state index is 0.00457. The lowest BCUT2D eigenvalue weighted by Gasteiger charge is -2.31. The van der Waals surface area contributed by atoms with E-state index < -0.39 is 5.97 Å². The number of rotatable bonds is 4. The molecule has 1 N–H and O–H groups in total. The van der Waals surface area contributed by atoms with Gasteiger partial charge in [-0.25, -0.2) is 14.5 Å². The van der Waals surface area contributed by atoms with Crippen LogP contribution in [0.25, 0.3) is 0 Å². The first kappa shape index (κ1) is 14.0. The molecule has 21 heavy (non-hydrogen) atoms. The van der Waals surface area contributed by atoms with Crippen molar-refractivity contribution in [2.75, 3.05) is 18.0 Å². The summed E-state index contributed by atoms with van der Waals surface area (Å²) in [5.41, 5.74) is 1.14. The molecular weight excluding hydrogens is 290 g/mol. The number of hydrogen-bond donors (Lipinski definition) is 1. The van der Waals surface area contributed by atoms with Crippen LogP contribution < -0.4 is 4.90 Å². The molecule has 1 saturated heterocycles. The highest BCUT2D eigenvalue weighted by atomic mass is 32.1.